The lowest BCUT2D eigenvalue weighted by molar-refractivity contribution is -0.189. The SMILES string of the molecule is CCC(c1ccccc1)C(O)(O)c1ccccc1.Cc1ccc(S(=O)(=O)O)cc1. The Morgan fingerprint density at radius 2 is 1.31 bits per heavy atom. The third-order valence-electron chi connectivity index (χ3n) is 4.61. The minimum absolute atomic E-state index is 0.0666. The summed E-state index contributed by atoms with van der Waals surface area (Å²) in [4.78, 5) is -0.0666. The van der Waals surface area contributed by atoms with Crippen molar-refractivity contribution in [2.75, 3.05) is 0 Å². The summed E-state index contributed by atoms with van der Waals surface area (Å²) >= 11 is 0. The van der Waals surface area contributed by atoms with Crippen molar-refractivity contribution in [3.05, 3.63) is 102 Å². The molecule has 1 unspecified atom stereocenters. The van der Waals surface area contributed by atoms with Crippen LogP contribution in [0.25, 0.3) is 0 Å². The lowest BCUT2D eigenvalue weighted by atomic mass is 9.84. The van der Waals surface area contributed by atoms with Crippen LogP contribution in [0.3, 0.4) is 0 Å². The van der Waals surface area contributed by atoms with Crippen LogP contribution in [0.2, 0.25) is 0 Å². The Hall–Kier alpha value is -2.51. The number of aliphatic hydroxyl groups is 2. The number of hydrogen-bond donors (Lipinski definition) is 3. The molecule has 5 nitrogen and oxygen atoms in total. The molecule has 6 heteroatoms. The first-order valence-electron chi connectivity index (χ1n) is 9.25. The van der Waals surface area contributed by atoms with E-state index >= 15 is 0 Å². The molecule has 0 aliphatic carbocycles. The molecule has 0 saturated carbocycles. The van der Waals surface area contributed by atoms with Gasteiger partial charge in [0.25, 0.3) is 10.1 Å². The van der Waals surface area contributed by atoms with Crippen molar-refractivity contribution in [1.82, 2.24) is 0 Å². The average Bonchev–Trinajstić information content (AvgIpc) is 2.70. The zero-order valence-corrected chi connectivity index (χ0v) is 17.3. The minimum Gasteiger partial charge on any atom is -0.361 e. The molecule has 0 aromatic heterocycles. The number of hydrogen-bond acceptors (Lipinski definition) is 4. The second kappa shape index (κ2) is 9.80. The van der Waals surface area contributed by atoms with Crippen molar-refractivity contribution < 1.29 is 23.2 Å². The first-order chi connectivity index (χ1) is 13.7. The lowest BCUT2D eigenvalue weighted by Crippen LogP contribution is -2.33. The van der Waals surface area contributed by atoms with E-state index in [0.29, 0.717) is 12.0 Å². The Labute approximate surface area is 172 Å². The molecule has 3 aromatic carbocycles. The summed E-state index contributed by atoms with van der Waals surface area (Å²) in [5, 5.41) is 20.9. The standard InChI is InChI=1S/C16H18O2.C7H8O3S/c1-2-15(13-9-5-3-6-10-13)16(17,18)14-11-7-4-8-12-14;1-6-2-4-7(5-3-6)11(8,9)10/h3-12,15,17-18H,2H2,1H3;2-5H,1H3,(H,8,9,10). The van der Waals surface area contributed by atoms with Gasteiger partial charge in [0.15, 0.2) is 5.79 Å². The molecule has 0 spiro atoms. The smallest absolute Gasteiger partial charge is 0.294 e. The van der Waals surface area contributed by atoms with E-state index in [1.165, 1.54) is 12.1 Å². The molecule has 0 fully saturated rings. The van der Waals surface area contributed by atoms with Crippen molar-refractivity contribution in [2.45, 2.75) is 36.9 Å². The Balaban J connectivity index is 0.000000234. The van der Waals surface area contributed by atoms with Gasteiger partial charge in [-0.1, -0.05) is 85.3 Å². The molecule has 0 radical (unpaired) electrons. The molecular formula is C23H26O5S. The highest BCUT2D eigenvalue weighted by Gasteiger charge is 2.35. The molecule has 0 aliphatic heterocycles. The van der Waals surface area contributed by atoms with E-state index in [2.05, 4.69) is 0 Å². The van der Waals surface area contributed by atoms with Crippen LogP contribution in [0.4, 0.5) is 0 Å². The van der Waals surface area contributed by atoms with Crippen molar-refractivity contribution in [3.8, 4) is 0 Å². The second-order valence-corrected chi connectivity index (χ2v) is 8.17. The summed E-state index contributed by atoms with van der Waals surface area (Å²) in [6.07, 6.45) is 0.659. The molecule has 0 heterocycles. The zero-order valence-electron chi connectivity index (χ0n) is 16.4. The number of aryl methyl sites for hydroxylation is 1. The van der Waals surface area contributed by atoms with Gasteiger partial charge in [0.1, 0.15) is 0 Å². The highest BCUT2D eigenvalue weighted by Crippen LogP contribution is 2.36. The highest BCUT2D eigenvalue weighted by atomic mass is 32.2. The Morgan fingerprint density at radius 1 is 0.828 bits per heavy atom. The van der Waals surface area contributed by atoms with E-state index in [-0.39, 0.29) is 10.8 Å². The van der Waals surface area contributed by atoms with E-state index in [4.69, 9.17) is 4.55 Å². The van der Waals surface area contributed by atoms with Gasteiger partial charge in [-0.05, 0) is 31.0 Å². The molecule has 0 amide bonds. The molecule has 0 aliphatic rings. The molecule has 3 rings (SSSR count). The second-order valence-electron chi connectivity index (χ2n) is 6.75. The number of rotatable bonds is 5. The largest absolute Gasteiger partial charge is 0.361 e. The van der Waals surface area contributed by atoms with E-state index < -0.39 is 15.9 Å². The topological polar surface area (TPSA) is 94.8 Å². The van der Waals surface area contributed by atoms with Crippen LogP contribution in [0.15, 0.2) is 89.8 Å². The summed E-state index contributed by atoms with van der Waals surface area (Å²) in [5.74, 6) is -2.17. The Bertz CT molecular complexity index is 982. The van der Waals surface area contributed by atoms with Gasteiger partial charge >= 0.3 is 0 Å². The lowest BCUT2D eigenvalue weighted by Gasteiger charge is -2.31. The molecule has 0 saturated heterocycles. The fourth-order valence-corrected chi connectivity index (χ4v) is 3.51. The van der Waals surface area contributed by atoms with E-state index in [9.17, 15) is 18.6 Å². The third kappa shape index (κ3) is 6.24. The summed E-state index contributed by atoms with van der Waals surface area (Å²) in [6.45, 7) is 3.80. The van der Waals surface area contributed by atoms with Gasteiger partial charge in [-0.25, -0.2) is 0 Å². The quantitative estimate of drug-likeness (QED) is 0.428. The van der Waals surface area contributed by atoms with Crippen molar-refractivity contribution in [2.24, 2.45) is 0 Å². The highest BCUT2D eigenvalue weighted by molar-refractivity contribution is 7.85. The van der Waals surface area contributed by atoms with Crippen LogP contribution in [-0.4, -0.2) is 23.2 Å². The Kier molecular flexibility index (Phi) is 7.70. The predicted molar refractivity (Wildman–Crippen MR) is 113 cm³/mol. The number of benzene rings is 3. The van der Waals surface area contributed by atoms with Gasteiger partial charge in [-0.15, -0.1) is 0 Å². The minimum atomic E-state index is -4.02. The summed E-state index contributed by atoms with van der Waals surface area (Å²) in [5.41, 5.74) is 2.42. The van der Waals surface area contributed by atoms with Crippen molar-refractivity contribution >= 4 is 10.1 Å². The van der Waals surface area contributed by atoms with Crippen LogP contribution in [0, 0.1) is 6.92 Å². The maximum Gasteiger partial charge on any atom is 0.294 e. The molecule has 154 valence electrons. The zero-order chi connectivity index (χ0) is 21.5. The maximum atomic E-state index is 10.5. The van der Waals surface area contributed by atoms with E-state index in [1.807, 2.05) is 62.4 Å². The summed E-state index contributed by atoms with van der Waals surface area (Å²) < 4.78 is 29.6. The molecule has 3 aromatic rings. The van der Waals surface area contributed by atoms with E-state index in [1.54, 1.807) is 24.3 Å². The van der Waals surface area contributed by atoms with Crippen molar-refractivity contribution in [1.29, 1.82) is 0 Å². The first kappa shape index (κ1) is 22.8. The van der Waals surface area contributed by atoms with Gasteiger partial charge < -0.3 is 10.2 Å². The summed E-state index contributed by atoms with van der Waals surface area (Å²) in [7, 11) is -4.02. The fourth-order valence-electron chi connectivity index (χ4n) is 3.03. The normalized spacial score (nSPS) is 12.6. The summed E-state index contributed by atoms with van der Waals surface area (Å²) in [6, 6.07) is 24.6. The molecule has 3 N–H and O–H groups in total. The van der Waals surface area contributed by atoms with Gasteiger partial charge in [0.2, 0.25) is 0 Å². The third-order valence-corrected chi connectivity index (χ3v) is 5.48. The van der Waals surface area contributed by atoms with Crippen LogP contribution in [0.1, 0.15) is 36.0 Å². The van der Waals surface area contributed by atoms with Gasteiger partial charge in [-0.2, -0.15) is 8.42 Å². The van der Waals surface area contributed by atoms with Gasteiger partial charge in [0, 0.05) is 11.5 Å². The van der Waals surface area contributed by atoms with E-state index in [0.717, 1.165) is 11.1 Å². The van der Waals surface area contributed by atoms with Crippen LogP contribution in [-0.2, 0) is 15.9 Å². The molecular weight excluding hydrogens is 388 g/mol. The molecule has 1 atom stereocenters. The average molecular weight is 415 g/mol. The van der Waals surface area contributed by atoms with Crippen LogP contribution >= 0.6 is 0 Å². The van der Waals surface area contributed by atoms with Crippen LogP contribution < -0.4 is 0 Å². The van der Waals surface area contributed by atoms with Crippen LogP contribution in [0.5, 0.6) is 0 Å². The van der Waals surface area contributed by atoms with Gasteiger partial charge in [0.05, 0.1) is 4.90 Å². The predicted octanol–water partition coefficient (Wildman–Crippen LogP) is 4.26. The molecule has 29 heavy (non-hydrogen) atoms. The first-order valence-corrected chi connectivity index (χ1v) is 10.7. The molecule has 0 bridgehead atoms. The van der Waals surface area contributed by atoms with Crippen molar-refractivity contribution in [3.63, 3.8) is 0 Å². The maximum absolute atomic E-state index is 10.5. The Morgan fingerprint density at radius 3 is 1.76 bits per heavy atom. The fraction of sp³-hybridized carbons (Fsp3) is 0.217. The monoisotopic (exact) mass is 414 g/mol. The van der Waals surface area contributed by atoms with Gasteiger partial charge in [-0.3, -0.25) is 4.55 Å².